The third kappa shape index (κ3) is 2.47. The second kappa shape index (κ2) is 4.45. The highest BCUT2D eigenvalue weighted by Gasteiger charge is 2.14. The van der Waals surface area contributed by atoms with E-state index in [1.807, 2.05) is 0 Å². The molecule has 1 aromatic carbocycles. The van der Waals surface area contributed by atoms with E-state index in [0.29, 0.717) is 5.75 Å². The molecule has 2 heteroatoms. The highest BCUT2D eigenvalue weighted by atomic mass is 19.1. The number of rotatable bonds is 2. The highest BCUT2D eigenvalue weighted by molar-refractivity contribution is 5.21. The molecule has 14 heavy (non-hydrogen) atoms. The molecule has 0 N–H and O–H groups in total. The van der Waals surface area contributed by atoms with Gasteiger partial charge in [0.25, 0.3) is 0 Å². The summed E-state index contributed by atoms with van der Waals surface area (Å²) < 4.78 is 18.4. The predicted molar refractivity (Wildman–Crippen MR) is 52.7 cm³/mol. The van der Waals surface area contributed by atoms with Gasteiger partial charge in [-0.3, -0.25) is 0 Å². The fourth-order valence-electron chi connectivity index (χ4n) is 1.85. The van der Waals surface area contributed by atoms with Crippen molar-refractivity contribution >= 4 is 0 Å². The lowest BCUT2D eigenvalue weighted by Gasteiger charge is -2.22. The minimum atomic E-state index is -0.349. The molecule has 0 saturated heterocycles. The second-order valence-electron chi connectivity index (χ2n) is 3.74. The van der Waals surface area contributed by atoms with Crippen LogP contribution in [0.5, 0.6) is 5.75 Å². The largest absolute Gasteiger partial charge is 0.490 e. The van der Waals surface area contributed by atoms with E-state index in [-0.39, 0.29) is 11.9 Å². The predicted octanol–water partition coefficient (Wildman–Crippen LogP) is 3.34. The van der Waals surface area contributed by atoms with Crippen LogP contribution in [0.3, 0.4) is 0 Å². The monoisotopic (exact) mass is 193 g/mol. The van der Waals surface area contributed by atoms with Gasteiger partial charge in [0.1, 0.15) is 11.6 Å². The normalized spacial score (nSPS) is 18.1. The third-order valence-electron chi connectivity index (χ3n) is 2.58. The lowest BCUT2D eigenvalue weighted by atomic mass is 9.98. The molecular weight excluding hydrogens is 179 g/mol. The number of benzene rings is 1. The van der Waals surface area contributed by atoms with Gasteiger partial charge in [0.15, 0.2) is 0 Å². The topological polar surface area (TPSA) is 9.23 Å². The quantitative estimate of drug-likeness (QED) is 0.700. The Morgan fingerprint density at radius 2 is 2.00 bits per heavy atom. The van der Waals surface area contributed by atoms with Gasteiger partial charge in [0.2, 0.25) is 0 Å². The molecule has 1 aliphatic carbocycles. The van der Waals surface area contributed by atoms with E-state index in [1.54, 1.807) is 12.1 Å². The zero-order valence-electron chi connectivity index (χ0n) is 8.13. The van der Waals surface area contributed by atoms with E-state index >= 15 is 0 Å². The van der Waals surface area contributed by atoms with Gasteiger partial charge in [-0.2, -0.15) is 0 Å². The van der Waals surface area contributed by atoms with E-state index in [4.69, 9.17) is 4.74 Å². The Labute approximate surface area is 83.9 Å². The zero-order valence-corrected chi connectivity index (χ0v) is 8.13. The molecule has 1 aliphatic rings. The van der Waals surface area contributed by atoms with Crippen LogP contribution in [-0.2, 0) is 0 Å². The molecule has 2 rings (SSSR count). The highest BCUT2D eigenvalue weighted by Crippen LogP contribution is 2.23. The van der Waals surface area contributed by atoms with Gasteiger partial charge < -0.3 is 4.74 Å². The summed E-state index contributed by atoms with van der Waals surface area (Å²) in [4.78, 5) is 0. The molecule has 0 amide bonds. The Bertz CT molecular complexity index is 292. The van der Waals surface area contributed by atoms with Crippen molar-refractivity contribution in [2.75, 3.05) is 0 Å². The van der Waals surface area contributed by atoms with Gasteiger partial charge in [-0.1, -0.05) is 12.5 Å². The van der Waals surface area contributed by atoms with Crippen LogP contribution < -0.4 is 4.74 Å². The Kier molecular flexibility index (Phi) is 3.02. The number of hydrogen-bond donors (Lipinski definition) is 0. The molecule has 1 aromatic rings. The van der Waals surface area contributed by atoms with Crippen molar-refractivity contribution in [1.82, 2.24) is 0 Å². The van der Waals surface area contributed by atoms with Crippen LogP contribution in [0.1, 0.15) is 32.1 Å². The summed E-state index contributed by atoms with van der Waals surface area (Å²) in [6.45, 7) is 0. The van der Waals surface area contributed by atoms with E-state index in [9.17, 15) is 4.39 Å². The Morgan fingerprint density at radius 3 is 2.71 bits per heavy atom. The first-order valence-electron chi connectivity index (χ1n) is 5.19. The zero-order chi connectivity index (χ0) is 9.80. The van der Waals surface area contributed by atoms with Gasteiger partial charge in [-0.15, -0.1) is 0 Å². The summed E-state index contributed by atoms with van der Waals surface area (Å²) in [7, 11) is 0. The molecule has 75 valence electrons. The molecule has 1 radical (unpaired) electrons. The lowest BCUT2D eigenvalue weighted by molar-refractivity contribution is 0.154. The molecule has 0 unspecified atom stereocenters. The van der Waals surface area contributed by atoms with E-state index in [2.05, 4.69) is 6.07 Å². The fraction of sp³-hybridized carbons (Fsp3) is 0.500. The standard InChI is InChI=1S/C12H14FO/c13-10-5-4-8-12(9-10)14-11-6-2-1-3-7-11/h4-5,8,11H,1-3,6-7H2. The average molecular weight is 193 g/mol. The first kappa shape index (κ1) is 9.50. The van der Waals surface area contributed by atoms with Crippen LogP contribution >= 0.6 is 0 Å². The first-order valence-corrected chi connectivity index (χ1v) is 5.19. The van der Waals surface area contributed by atoms with Crippen molar-refractivity contribution in [1.29, 1.82) is 0 Å². The number of halogens is 1. The van der Waals surface area contributed by atoms with Gasteiger partial charge in [0.05, 0.1) is 12.2 Å². The van der Waals surface area contributed by atoms with Crippen molar-refractivity contribution in [3.05, 3.63) is 30.1 Å². The Balaban J connectivity index is 1.95. The maximum Gasteiger partial charge on any atom is 0.135 e. The molecule has 0 aliphatic heterocycles. The number of hydrogen-bond acceptors (Lipinski definition) is 1. The van der Waals surface area contributed by atoms with Crippen LogP contribution in [0.2, 0.25) is 0 Å². The first-order chi connectivity index (χ1) is 6.84. The minimum Gasteiger partial charge on any atom is -0.490 e. The summed E-state index contributed by atoms with van der Waals surface area (Å²) in [5, 5.41) is 0. The van der Waals surface area contributed by atoms with Crippen LogP contribution in [0.4, 0.5) is 4.39 Å². The molecule has 1 fully saturated rings. The fourth-order valence-corrected chi connectivity index (χ4v) is 1.85. The maximum atomic E-state index is 12.8. The van der Waals surface area contributed by atoms with Crippen molar-refractivity contribution < 1.29 is 9.13 Å². The molecule has 0 aromatic heterocycles. The van der Waals surface area contributed by atoms with E-state index in [1.165, 1.54) is 25.3 Å². The van der Waals surface area contributed by atoms with Gasteiger partial charge in [-0.25, -0.2) is 4.39 Å². The minimum absolute atomic E-state index is 0.266. The molecule has 0 spiro atoms. The summed E-state index contributed by atoms with van der Waals surface area (Å²) in [5.74, 6) is 0.190. The van der Waals surface area contributed by atoms with E-state index in [0.717, 1.165) is 12.8 Å². The van der Waals surface area contributed by atoms with Crippen molar-refractivity contribution in [3.8, 4) is 5.75 Å². The van der Waals surface area contributed by atoms with Crippen LogP contribution in [0.15, 0.2) is 18.2 Å². The molecule has 0 atom stereocenters. The smallest absolute Gasteiger partial charge is 0.135 e. The van der Waals surface area contributed by atoms with Gasteiger partial charge >= 0.3 is 0 Å². The summed E-state index contributed by atoms with van der Waals surface area (Å²) in [6.07, 6.45) is 6.18. The van der Waals surface area contributed by atoms with E-state index < -0.39 is 0 Å². The van der Waals surface area contributed by atoms with Crippen molar-refractivity contribution in [2.45, 2.75) is 38.2 Å². The molecule has 1 nitrogen and oxygen atoms in total. The van der Waals surface area contributed by atoms with Crippen LogP contribution in [0.25, 0.3) is 0 Å². The second-order valence-corrected chi connectivity index (χ2v) is 3.74. The molecule has 1 saturated carbocycles. The molecule has 0 heterocycles. The molecular formula is C12H14FO. The van der Waals surface area contributed by atoms with Crippen molar-refractivity contribution in [2.24, 2.45) is 0 Å². The summed E-state index contributed by atoms with van der Waals surface area (Å²) in [5.41, 5.74) is 0. The summed E-state index contributed by atoms with van der Waals surface area (Å²) in [6, 6.07) is 7.37. The summed E-state index contributed by atoms with van der Waals surface area (Å²) >= 11 is 0. The lowest BCUT2D eigenvalue weighted by Crippen LogP contribution is -2.19. The Morgan fingerprint density at radius 1 is 1.21 bits per heavy atom. The average Bonchev–Trinajstić information content (AvgIpc) is 2.19. The van der Waals surface area contributed by atoms with Crippen LogP contribution in [0, 0.1) is 11.9 Å². The van der Waals surface area contributed by atoms with Crippen molar-refractivity contribution in [3.63, 3.8) is 0 Å². The number of ether oxygens (including phenoxy) is 1. The van der Waals surface area contributed by atoms with Gasteiger partial charge in [0, 0.05) is 0 Å². The SMILES string of the molecule is Fc1[c]c(OC2CCCCC2)ccc1. The third-order valence-corrected chi connectivity index (χ3v) is 2.58. The van der Waals surface area contributed by atoms with Gasteiger partial charge in [-0.05, 0) is 37.8 Å². The molecule has 0 bridgehead atoms. The Hall–Kier alpha value is -1.05. The maximum absolute atomic E-state index is 12.8. The van der Waals surface area contributed by atoms with Crippen LogP contribution in [-0.4, -0.2) is 6.10 Å².